The Balaban J connectivity index is 1.95. The summed E-state index contributed by atoms with van der Waals surface area (Å²) >= 11 is 7.17. The van der Waals surface area contributed by atoms with Gasteiger partial charge in [0.25, 0.3) is 0 Å². The Morgan fingerprint density at radius 3 is 2.95 bits per heavy atom. The van der Waals surface area contributed by atoms with Crippen LogP contribution in [-0.2, 0) is 4.79 Å². The van der Waals surface area contributed by atoms with Crippen LogP contribution in [0.3, 0.4) is 0 Å². The van der Waals surface area contributed by atoms with Gasteiger partial charge < -0.3 is 5.32 Å². The van der Waals surface area contributed by atoms with E-state index in [4.69, 9.17) is 16.9 Å². The van der Waals surface area contributed by atoms with Crippen LogP contribution in [0.15, 0.2) is 23.4 Å². The number of carbonyl (C=O) groups excluding carboxylic acids is 1. The molecule has 0 bridgehead atoms. The molecule has 7 nitrogen and oxygen atoms in total. The minimum atomic E-state index is -0.205. The van der Waals surface area contributed by atoms with Gasteiger partial charge in [-0.25, -0.2) is 4.68 Å². The van der Waals surface area contributed by atoms with Crippen molar-refractivity contribution < 1.29 is 4.79 Å². The Morgan fingerprint density at radius 1 is 1.55 bits per heavy atom. The Bertz CT molecular complexity index is 724. The van der Waals surface area contributed by atoms with Gasteiger partial charge in [-0.15, -0.1) is 5.10 Å². The number of anilines is 1. The summed E-state index contributed by atoms with van der Waals surface area (Å²) in [4.78, 5) is 11.9. The van der Waals surface area contributed by atoms with Crippen LogP contribution in [0.2, 0.25) is 5.02 Å². The second-order valence-electron chi connectivity index (χ2n) is 4.64. The third-order valence-electron chi connectivity index (χ3n) is 2.66. The zero-order chi connectivity index (χ0) is 16.1. The lowest BCUT2D eigenvalue weighted by Gasteiger charge is -2.08. The Morgan fingerprint density at radius 2 is 2.32 bits per heavy atom. The van der Waals surface area contributed by atoms with E-state index >= 15 is 0 Å². The van der Waals surface area contributed by atoms with Crippen molar-refractivity contribution in [1.82, 2.24) is 20.2 Å². The SMILES string of the molecule is CC(C)n1nnnc1SCC(=O)Nc1ccc(C#N)c(Cl)c1. The first-order chi connectivity index (χ1) is 10.5. The van der Waals surface area contributed by atoms with Gasteiger partial charge in [0.1, 0.15) is 6.07 Å². The van der Waals surface area contributed by atoms with E-state index in [0.29, 0.717) is 21.4 Å². The Hall–Kier alpha value is -2.11. The third kappa shape index (κ3) is 3.96. The molecule has 0 saturated carbocycles. The van der Waals surface area contributed by atoms with Crippen LogP contribution in [0, 0.1) is 11.3 Å². The molecule has 2 aromatic rings. The first-order valence-corrected chi connectivity index (χ1v) is 7.77. The monoisotopic (exact) mass is 336 g/mol. The van der Waals surface area contributed by atoms with E-state index in [0.717, 1.165) is 0 Å². The molecule has 114 valence electrons. The number of carbonyl (C=O) groups is 1. The Kier molecular flexibility index (Phi) is 5.35. The first-order valence-electron chi connectivity index (χ1n) is 6.41. The number of hydrogen-bond acceptors (Lipinski definition) is 6. The largest absolute Gasteiger partial charge is 0.325 e. The molecule has 2 rings (SSSR count). The van der Waals surface area contributed by atoms with E-state index in [2.05, 4.69) is 20.8 Å². The molecule has 0 aliphatic carbocycles. The lowest BCUT2D eigenvalue weighted by atomic mass is 10.2. The summed E-state index contributed by atoms with van der Waals surface area (Å²) in [7, 11) is 0. The average Bonchev–Trinajstić information content (AvgIpc) is 2.94. The lowest BCUT2D eigenvalue weighted by molar-refractivity contribution is -0.113. The van der Waals surface area contributed by atoms with Gasteiger partial charge in [0.2, 0.25) is 11.1 Å². The zero-order valence-corrected chi connectivity index (χ0v) is 13.5. The summed E-state index contributed by atoms with van der Waals surface area (Å²) < 4.78 is 1.65. The van der Waals surface area contributed by atoms with Crippen LogP contribution in [0.4, 0.5) is 5.69 Å². The van der Waals surface area contributed by atoms with Crippen molar-refractivity contribution in [3.8, 4) is 6.07 Å². The van der Waals surface area contributed by atoms with E-state index in [9.17, 15) is 4.79 Å². The molecule has 0 aliphatic heterocycles. The summed E-state index contributed by atoms with van der Waals surface area (Å²) in [5.74, 6) is -0.0332. The number of thioether (sulfide) groups is 1. The van der Waals surface area contributed by atoms with Crippen molar-refractivity contribution >= 4 is 35.0 Å². The topological polar surface area (TPSA) is 96.5 Å². The minimum absolute atomic E-state index is 0.123. The molecular weight excluding hydrogens is 324 g/mol. The van der Waals surface area contributed by atoms with Crippen LogP contribution in [0.5, 0.6) is 0 Å². The van der Waals surface area contributed by atoms with Gasteiger partial charge in [-0.1, -0.05) is 23.4 Å². The predicted molar refractivity (Wildman–Crippen MR) is 83.7 cm³/mol. The van der Waals surface area contributed by atoms with Crippen LogP contribution in [0.1, 0.15) is 25.5 Å². The molecule has 0 unspecified atom stereocenters. The van der Waals surface area contributed by atoms with Crippen molar-refractivity contribution in [3.63, 3.8) is 0 Å². The lowest BCUT2D eigenvalue weighted by Crippen LogP contribution is -2.15. The van der Waals surface area contributed by atoms with E-state index in [1.807, 2.05) is 19.9 Å². The van der Waals surface area contributed by atoms with Crippen LogP contribution < -0.4 is 5.32 Å². The highest BCUT2D eigenvalue weighted by Crippen LogP contribution is 2.21. The number of nitrogens with zero attached hydrogens (tertiary/aromatic N) is 5. The molecule has 1 aromatic heterocycles. The zero-order valence-electron chi connectivity index (χ0n) is 11.9. The van der Waals surface area contributed by atoms with Crippen molar-refractivity contribution in [3.05, 3.63) is 28.8 Å². The third-order valence-corrected chi connectivity index (χ3v) is 3.90. The molecule has 1 amide bonds. The summed E-state index contributed by atoms with van der Waals surface area (Å²) in [6, 6.07) is 6.82. The van der Waals surface area contributed by atoms with Gasteiger partial charge in [0.05, 0.1) is 22.4 Å². The number of halogens is 1. The van der Waals surface area contributed by atoms with Gasteiger partial charge in [-0.2, -0.15) is 5.26 Å². The smallest absolute Gasteiger partial charge is 0.234 e. The van der Waals surface area contributed by atoms with Crippen molar-refractivity contribution in [2.24, 2.45) is 0 Å². The number of tetrazole rings is 1. The number of benzene rings is 1. The second kappa shape index (κ2) is 7.24. The Labute approximate surface area is 136 Å². The molecule has 0 spiro atoms. The molecule has 0 fully saturated rings. The van der Waals surface area contributed by atoms with Crippen LogP contribution >= 0.6 is 23.4 Å². The summed E-state index contributed by atoms with van der Waals surface area (Å²) in [5, 5.41) is 23.8. The molecule has 0 atom stereocenters. The van der Waals surface area contributed by atoms with Gasteiger partial charge in [0.15, 0.2) is 0 Å². The maximum absolute atomic E-state index is 11.9. The summed E-state index contributed by atoms with van der Waals surface area (Å²) in [6.45, 7) is 3.92. The van der Waals surface area contributed by atoms with Gasteiger partial charge in [-0.3, -0.25) is 4.79 Å². The van der Waals surface area contributed by atoms with Crippen LogP contribution in [0.25, 0.3) is 0 Å². The normalized spacial score (nSPS) is 10.5. The minimum Gasteiger partial charge on any atom is -0.325 e. The number of hydrogen-bond donors (Lipinski definition) is 1. The molecule has 1 aromatic carbocycles. The van der Waals surface area contributed by atoms with E-state index in [1.165, 1.54) is 11.8 Å². The van der Waals surface area contributed by atoms with Gasteiger partial charge in [-0.05, 0) is 42.5 Å². The van der Waals surface area contributed by atoms with E-state index in [-0.39, 0.29) is 17.7 Å². The molecular formula is C13H13ClN6OS. The highest BCUT2D eigenvalue weighted by atomic mass is 35.5. The molecule has 0 radical (unpaired) electrons. The van der Waals surface area contributed by atoms with Crippen molar-refractivity contribution in [2.75, 3.05) is 11.1 Å². The molecule has 22 heavy (non-hydrogen) atoms. The number of nitriles is 1. The fourth-order valence-corrected chi connectivity index (χ4v) is 2.64. The fourth-order valence-electron chi connectivity index (χ4n) is 1.62. The number of aromatic nitrogens is 4. The standard InChI is InChI=1S/C13H13ClN6OS/c1-8(2)20-13(17-18-19-20)22-7-12(21)16-10-4-3-9(6-15)11(14)5-10/h3-5,8H,7H2,1-2H3,(H,16,21). The first kappa shape index (κ1) is 16.3. The predicted octanol–water partition coefficient (Wildman–Crippen LogP) is 2.51. The highest BCUT2D eigenvalue weighted by molar-refractivity contribution is 7.99. The van der Waals surface area contributed by atoms with E-state index in [1.54, 1.807) is 22.9 Å². The van der Waals surface area contributed by atoms with Crippen molar-refractivity contribution in [2.45, 2.75) is 25.0 Å². The molecule has 0 saturated heterocycles. The second-order valence-corrected chi connectivity index (χ2v) is 5.99. The summed E-state index contributed by atoms with van der Waals surface area (Å²) in [6.07, 6.45) is 0. The quantitative estimate of drug-likeness (QED) is 0.843. The van der Waals surface area contributed by atoms with E-state index < -0.39 is 0 Å². The van der Waals surface area contributed by atoms with Crippen LogP contribution in [-0.4, -0.2) is 31.9 Å². The molecule has 1 N–H and O–H groups in total. The number of rotatable bonds is 5. The molecule has 9 heteroatoms. The molecule has 0 aliphatic rings. The molecule has 1 heterocycles. The average molecular weight is 337 g/mol. The number of nitrogens with one attached hydrogen (secondary N) is 1. The maximum Gasteiger partial charge on any atom is 0.234 e. The number of amides is 1. The van der Waals surface area contributed by atoms with Gasteiger partial charge in [0, 0.05) is 5.69 Å². The highest BCUT2D eigenvalue weighted by Gasteiger charge is 2.12. The van der Waals surface area contributed by atoms with Crippen molar-refractivity contribution in [1.29, 1.82) is 5.26 Å². The van der Waals surface area contributed by atoms with Gasteiger partial charge >= 0.3 is 0 Å². The summed E-state index contributed by atoms with van der Waals surface area (Å²) in [5.41, 5.74) is 0.906. The maximum atomic E-state index is 11.9. The fraction of sp³-hybridized carbons (Fsp3) is 0.308.